The number of carbonyl (C=O) groups is 2. The van der Waals surface area contributed by atoms with E-state index in [1.165, 1.54) is 0 Å². The first-order valence-corrected chi connectivity index (χ1v) is 10.9. The van der Waals surface area contributed by atoms with Gasteiger partial charge in [-0.15, -0.1) is 0 Å². The molecule has 6 nitrogen and oxygen atoms in total. The van der Waals surface area contributed by atoms with Crippen LogP contribution in [-0.2, 0) is 6.42 Å². The maximum atomic E-state index is 13.2. The number of amides is 2. The van der Waals surface area contributed by atoms with Crippen LogP contribution in [-0.4, -0.2) is 36.4 Å². The average Bonchev–Trinajstić information content (AvgIpc) is 3.42. The SMILES string of the molecule is COc1cccc(CC2CCCN2C(=O)c2cccc(NC(=O)c3ccc(Br)o3)c2)c1. The van der Waals surface area contributed by atoms with Crippen molar-refractivity contribution in [1.29, 1.82) is 0 Å². The number of carbonyl (C=O) groups excluding carboxylic acids is 2. The number of rotatable bonds is 6. The van der Waals surface area contributed by atoms with E-state index < -0.39 is 0 Å². The number of nitrogens with one attached hydrogen (secondary N) is 1. The Labute approximate surface area is 189 Å². The predicted molar refractivity (Wildman–Crippen MR) is 122 cm³/mol. The van der Waals surface area contributed by atoms with Crippen LogP contribution < -0.4 is 10.1 Å². The first-order chi connectivity index (χ1) is 15.0. The number of halogens is 1. The van der Waals surface area contributed by atoms with Crippen molar-refractivity contribution in [1.82, 2.24) is 4.90 Å². The Morgan fingerprint density at radius 1 is 1.16 bits per heavy atom. The highest BCUT2D eigenvalue weighted by molar-refractivity contribution is 9.10. The molecule has 1 aliphatic heterocycles. The molecule has 0 aliphatic carbocycles. The number of hydrogen-bond acceptors (Lipinski definition) is 4. The summed E-state index contributed by atoms with van der Waals surface area (Å²) < 4.78 is 11.1. The largest absolute Gasteiger partial charge is 0.497 e. The molecule has 1 saturated heterocycles. The molecule has 2 amide bonds. The van der Waals surface area contributed by atoms with Gasteiger partial charge >= 0.3 is 0 Å². The number of methoxy groups -OCH3 is 1. The lowest BCUT2D eigenvalue weighted by molar-refractivity contribution is 0.0736. The van der Waals surface area contributed by atoms with E-state index in [1.54, 1.807) is 43.5 Å². The number of anilines is 1. The van der Waals surface area contributed by atoms with E-state index in [4.69, 9.17) is 9.15 Å². The second kappa shape index (κ2) is 9.39. The van der Waals surface area contributed by atoms with Gasteiger partial charge in [0.05, 0.1) is 7.11 Å². The quantitative estimate of drug-likeness (QED) is 0.527. The zero-order chi connectivity index (χ0) is 21.8. The Morgan fingerprint density at radius 2 is 2.00 bits per heavy atom. The summed E-state index contributed by atoms with van der Waals surface area (Å²) in [6.45, 7) is 0.727. The lowest BCUT2D eigenvalue weighted by Gasteiger charge is -2.25. The van der Waals surface area contributed by atoms with Crippen molar-refractivity contribution in [2.45, 2.75) is 25.3 Å². The molecule has 0 saturated carbocycles. The van der Waals surface area contributed by atoms with Gasteiger partial charge in [-0.1, -0.05) is 18.2 Å². The molecule has 0 spiro atoms. The molecule has 7 heteroatoms. The summed E-state index contributed by atoms with van der Waals surface area (Å²) in [7, 11) is 1.65. The smallest absolute Gasteiger partial charge is 0.291 e. The van der Waals surface area contributed by atoms with E-state index in [0.717, 1.165) is 37.1 Å². The van der Waals surface area contributed by atoms with E-state index in [0.29, 0.717) is 15.9 Å². The molecule has 3 aromatic rings. The molecule has 1 atom stereocenters. The highest BCUT2D eigenvalue weighted by Crippen LogP contribution is 2.26. The monoisotopic (exact) mass is 482 g/mol. The van der Waals surface area contributed by atoms with Crippen molar-refractivity contribution < 1.29 is 18.7 Å². The summed E-state index contributed by atoms with van der Waals surface area (Å²) in [5, 5.41) is 2.78. The van der Waals surface area contributed by atoms with Crippen LogP contribution in [0.25, 0.3) is 0 Å². The second-order valence-corrected chi connectivity index (χ2v) is 8.27. The van der Waals surface area contributed by atoms with Gasteiger partial charge < -0.3 is 19.4 Å². The third-order valence-electron chi connectivity index (χ3n) is 5.41. The second-order valence-electron chi connectivity index (χ2n) is 7.49. The third kappa shape index (κ3) is 4.99. The van der Waals surface area contributed by atoms with Crippen molar-refractivity contribution in [2.24, 2.45) is 0 Å². The lowest BCUT2D eigenvalue weighted by Crippen LogP contribution is -2.36. The summed E-state index contributed by atoms with van der Waals surface area (Å²) in [4.78, 5) is 27.5. The van der Waals surface area contributed by atoms with E-state index in [9.17, 15) is 9.59 Å². The molecule has 160 valence electrons. The zero-order valence-electron chi connectivity index (χ0n) is 17.1. The highest BCUT2D eigenvalue weighted by atomic mass is 79.9. The summed E-state index contributed by atoms with van der Waals surface area (Å²) in [6, 6.07) is 18.4. The van der Waals surface area contributed by atoms with Crippen LogP contribution in [0.4, 0.5) is 5.69 Å². The first kappa shape index (κ1) is 21.2. The minimum Gasteiger partial charge on any atom is -0.497 e. The van der Waals surface area contributed by atoms with Gasteiger partial charge in [-0.25, -0.2) is 0 Å². The van der Waals surface area contributed by atoms with Crippen LogP contribution >= 0.6 is 15.9 Å². The molecule has 4 rings (SSSR count). The van der Waals surface area contributed by atoms with Gasteiger partial charge in [0.1, 0.15) is 5.75 Å². The lowest BCUT2D eigenvalue weighted by atomic mass is 10.0. The standard InChI is InChI=1S/C24H23BrN2O4/c1-30-20-9-2-5-16(14-20)13-19-8-4-12-27(19)24(29)17-6-3-7-18(15-17)26-23(28)21-10-11-22(25)31-21/h2-3,5-7,9-11,14-15,19H,4,8,12-13H2,1H3,(H,26,28). The number of nitrogens with zero attached hydrogens (tertiary/aromatic N) is 1. The molecule has 31 heavy (non-hydrogen) atoms. The molecule has 0 radical (unpaired) electrons. The van der Waals surface area contributed by atoms with E-state index in [1.807, 2.05) is 23.1 Å². The Bertz CT molecular complexity index is 1090. The summed E-state index contributed by atoms with van der Waals surface area (Å²) in [5.41, 5.74) is 2.25. The Morgan fingerprint density at radius 3 is 2.77 bits per heavy atom. The topological polar surface area (TPSA) is 71.8 Å². The van der Waals surface area contributed by atoms with Crippen molar-refractivity contribution >= 4 is 33.4 Å². The van der Waals surface area contributed by atoms with Gasteiger partial charge in [0.15, 0.2) is 10.4 Å². The summed E-state index contributed by atoms with van der Waals surface area (Å²) in [5.74, 6) is 0.622. The van der Waals surface area contributed by atoms with E-state index in [2.05, 4.69) is 27.3 Å². The maximum absolute atomic E-state index is 13.2. The van der Waals surface area contributed by atoms with Crippen molar-refractivity contribution in [2.75, 3.05) is 19.0 Å². The van der Waals surface area contributed by atoms with Gasteiger partial charge in [-0.3, -0.25) is 9.59 Å². The highest BCUT2D eigenvalue weighted by Gasteiger charge is 2.29. The molecule has 2 aromatic carbocycles. The summed E-state index contributed by atoms with van der Waals surface area (Å²) in [6.07, 6.45) is 2.73. The van der Waals surface area contributed by atoms with Gasteiger partial charge in [0.25, 0.3) is 11.8 Å². The molecule has 1 unspecified atom stereocenters. The van der Waals surface area contributed by atoms with Crippen LogP contribution in [0.5, 0.6) is 5.75 Å². The molecule has 1 aliphatic rings. The Balaban J connectivity index is 1.46. The first-order valence-electron chi connectivity index (χ1n) is 10.1. The van der Waals surface area contributed by atoms with E-state index >= 15 is 0 Å². The predicted octanol–water partition coefficient (Wildman–Crippen LogP) is 5.15. The average molecular weight is 483 g/mol. The molecular formula is C24H23BrN2O4. The number of furan rings is 1. The van der Waals surface area contributed by atoms with Gasteiger partial charge in [-0.05, 0) is 83.2 Å². The van der Waals surface area contributed by atoms with Crippen LogP contribution in [0.15, 0.2) is 69.8 Å². The van der Waals surface area contributed by atoms with Crippen LogP contribution in [0.3, 0.4) is 0 Å². The maximum Gasteiger partial charge on any atom is 0.291 e. The fraction of sp³-hybridized carbons (Fsp3) is 0.250. The van der Waals surface area contributed by atoms with Gasteiger partial charge in [0.2, 0.25) is 0 Å². The number of benzene rings is 2. The number of ether oxygens (including phenoxy) is 1. The fourth-order valence-electron chi connectivity index (χ4n) is 3.91. The zero-order valence-corrected chi connectivity index (χ0v) is 18.7. The normalized spacial score (nSPS) is 15.7. The third-order valence-corrected chi connectivity index (χ3v) is 5.83. The Kier molecular flexibility index (Phi) is 6.42. The minimum absolute atomic E-state index is 0.0257. The number of hydrogen-bond donors (Lipinski definition) is 1. The van der Waals surface area contributed by atoms with Crippen LogP contribution in [0, 0.1) is 0 Å². The molecule has 0 bridgehead atoms. The molecule has 1 aromatic heterocycles. The van der Waals surface area contributed by atoms with Gasteiger partial charge in [-0.2, -0.15) is 0 Å². The molecule has 1 N–H and O–H groups in total. The van der Waals surface area contributed by atoms with Crippen molar-refractivity contribution in [3.8, 4) is 5.75 Å². The van der Waals surface area contributed by atoms with Crippen LogP contribution in [0.2, 0.25) is 0 Å². The van der Waals surface area contributed by atoms with E-state index in [-0.39, 0.29) is 23.6 Å². The van der Waals surface area contributed by atoms with Gasteiger partial charge in [0, 0.05) is 23.8 Å². The fourth-order valence-corrected chi connectivity index (χ4v) is 4.22. The van der Waals surface area contributed by atoms with Crippen LogP contribution in [0.1, 0.15) is 39.3 Å². The Hall–Kier alpha value is -3.06. The molecular weight excluding hydrogens is 460 g/mol. The minimum atomic E-state index is -0.368. The van der Waals surface area contributed by atoms with Crippen molar-refractivity contribution in [3.05, 3.63) is 82.2 Å². The molecule has 1 fully saturated rings. The molecule has 2 heterocycles. The van der Waals surface area contributed by atoms with Crippen molar-refractivity contribution in [3.63, 3.8) is 0 Å². The summed E-state index contributed by atoms with van der Waals surface area (Å²) >= 11 is 3.19. The number of likely N-dealkylation sites (tertiary alicyclic amines) is 1.